The molecule has 2 aromatic rings. The van der Waals surface area contributed by atoms with E-state index in [0.29, 0.717) is 6.54 Å². The molecule has 2 rings (SSSR count). The van der Waals surface area contributed by atoms with Gasteiger partial charge >= 0.3 is 0 Å². The molecule has 0 aliphatic carbocycles. The number of hydrogen-bond donors (Lipinski definition) is 2. The molecule has 0 amide bonds. The number of aryl methyl sites for hydroxylation is 1. The maximum Gasteiger partial charge on any atom is 0.133 e. The van der Waals surface area contributed by atoms with Crippen LogP contribution in [0, 0.1) is 0 Å². The molecule has 19 heavy (non-hydrogen) atoms. The normalized spacial score (nSPS) is 10.2. The van der Waals surface area contributed by atoms with E-state index in [4.69, 9.17) is 0 Å². The van der Waals surface area contributed by atoms with E-state index < -0.39 is 0 Å². The molecular weight excluding hydrogens is 238 g/mol. The second-order valence-electron chi connectivity index (χ2n) is 4.27. The van der Waals surface area contributed by atoms with Gasteiger partial charge in [-0.1, -0.05) is 13.0 Å². The van der Waals surface area contributed by atoms with Crippen molar-refractivity contribution in [1.82, 2.24) is 15.0 Å². The van der Waals surface area contributed by atoms with Crippen LogP contribution >= 0.6 is 0 Å². The highest BCUT2D eigenvalue weighted by Crippen LogP contribution is 2.13. The number of nitrogens with one attached hydrogen (secondary N) is 2. The summed E-state index contributed by atoms with van der Waals surface area (Å²) in [5.41, 5.74) is 1.13. The number of aromatic nitrogens is 3. The molecule has 0 saturated heterocycles. The number of nitrogens with zero attached hydrogens (tertiary/aromatic N) is 3. The van der Waals surface area contributed by atoms with E-state index in [-0.39, 0.29) is 0 Å². The van der Waals surface area contributed by atoms with E-state index in [1.807, 2.05) is 31.4 Å². The van der Waals surface area contributed by atoms with E-state index in [9.17, 15) is 0 Å². The quantitative estimate of drug-likeness (QED) is 0.832. The largest absolute Gasteiger partial charge is 0.373 e. The molecular formula is C14H19N5. The molecule has 0 aromatic carbocycles. The molecule has 2 heterocycles. The lowest BCUT2D eigenvalue weighted by Crippen LogP contribution is -2.06. The predicted molar refractivity (Wildman–Crippen MR) is 77.1 cm³/mol. The Kier molecular flexibility index (Phi) is 4.66. The molecule has 0 aliphatic heterocycles. The van der Waals surface area contributed by atoms with Gasteiger partial charge in [-0.3, -0.25) is 4.98 Å². The Bertz CT molecular complexity index is 512. The fourth-order valence-electron chi connectivity index (χ4n) is 1.75. The Morgan fingerprint density at radius 2 is 2.05 bits per heavy atom. The van der Waals surface area contributed by atoms with Gasteiger partial charge in [0.05, 0.1) is 0 Å². The van der Waals surface area contributed by atoms with Crippen LogP contribution in [0.25, 0.3) is 0 Å². The predicted octanol–water partition coefficient (Wildman–Crippen LogP) is 2.48. The highest BCUT2D eigenvalue weighted by atomic mass is 15.1. The van der Waals surface area contributed by atoms with Crippen LogP contribution < -0.4 is 10.6 Å². The van der Waals surface area contributed by atoms with E-state index in [1.54, 1.807) is 6.20 Å². The summed E-state index contributed by atoms with van der Waals surface area (Å²) in [6, 6.07) is 5.88. The van der Waals surface area contributed by atoms with Gasteiger partial charge < -0.3 is 10.6 Å². The second-order valence-corrected chi connectivity index (χ2v) is 4.27. The Hall–Kier alpha value is -2.17. The molecule has 2 N–H and O–H groups in total. The lowest BCUT2D eigenvalue weighted by molar-refractivity contribution is 0.835. The van der Waals surface area contributed by atoms with Crippen LogP contribution in [0.15, 0.2) is 30.6 Å². The summed E-state index contributed by atoms with van der Waals surface area (Å²) < 4.78 is 0. The van der Waals surface area contributed by atoms with E-state index >= 15 is 0 Å². The zero-order valence-electron chi connectivity index (χ0n) is 11.3. The Balaban J connectivity index is 2.08. The fraction of sp³-hybridized carbons (Fsp3) is 0.357. The van der Waals surface area contributed by atoms with Crippen LogP contribution in [0.3, 0.4) is 0 Å². The smallest absolute Gasteiger partial charge is 0.133 e. The van der Waals surface area contributed by atoms with Crippen LogP contribution in [0.5, 0.6) is 0 Å². The van der Waals surface area contributed by atoms with Crippen molar-refractivity contribution in [3.63, 3.8) is 0 Å². The van der Waals surface area contributed by atoms with Gasteiger partial charge in [0.2, 0.25) is 0 Å². The molecule has 0 aliphatic rings. The van der Waals surface area contributed by atoms with Crippen molar-refractivity contribution in [3.05, 3.63) is 42.0 Å². The molecule has 0 spiro atoms. The summed E-state index contributed by atoms with van der Waals surface area (Å²) in [6.07, 6.45) is 5.54. The third kappa shape index (κ3) is 3.91. The SMILES string of the molecule is CCCc1nc(NC)cc(NCc2cccnc2)n1. The monoisotopic (exact) mass is 257 g/mol. The zero-order chi connectivity index (χ0) is 13.5. The number of hydrogen-bond acceptors (Lipinski definition) is 5. The molecule has 100 valence electrons. The van der Waals surface area contributed by atoms with Crippen molar-refractivity contribution in [2.45, 2.75) is 26.3 Å². The number of anilines is 2. The maximum atomic E-state index is 4.50. The summed E-state index contributed by atoms with van der Waals surface area (Å²) in [6.45, 7) is 2.83. The molecule has 0 radical (unpaired) electrons. The third-order valence-corrected chi connectivity index (χ3v) is 2.70. The molecule has 0 fully saturated rings. The Morgan fingerprint density at radius 1 is 1.21 bits per heavy atom. The molecule has 0 atom stereocenters. The number of rotatable bonds is 6. The zero-order valence-corrected chi connectivity index (χ0v) is 11.3. The fourth-order valence-corrected chi connectivity index (χ4v) is 1.75. The van der Waals surface area contributed by atoms with Crippen molar-refractivity contribution >= 4 is 11.6 Å². The minimum absolute atomic E-state index is 0.708. The van der Waals surface area contributed by atoms with Crippen LogP contribution in [-0.2, 0) is 13.0 Å². The maximum absolute atomic E-state index is 4.50. The first-order valence-electron chi connectivity index (χ1n) is 6.50. The Labute approximate surface area is 113 Å². The average Bonchev–Trinajstić information content (AvgIpc) is 2.46. The summed E-state index contributed by atoms with van der Waals surface area (Å²) in [5.74, 6) is 2.54. The summed E-state index contributed by atoms with van der Waals surface area (Å²) in [4.78, 5) is 13.0. The molecule has 0 bridgehead atoms. The Morgan fingerprint density at radius 3 is 2.74 bits per heavy atom. The van der Waals surface area contributed by atoms with Gasteiger partial charge in [0.25, 0.3) is 0 Å². The van der Waals surface area contributed by atoms with Gasteiger partial charge in [-0.15, -0.1) is 0 Å². The highest BCUT2D eigenvalue weighted by molar-refractivity contribution is 5.47. The first-order valence-corrected chi connectivity index (χ1v) is 6.50. The van der Waals surface area contributed by atoms with Gasteiger partial charge in [-0.05, 0) is 18.1 Å². The van der Waals surface area contributed by atoms with Crippen LogP contribution in [0.2, 0.25) is 0 Å². The molecule has 0 unspecified atom stereocenters. The minimum Gasteiger partial charge on any atom is -0.373 e. The van der Waals surface area contributed by atoms with E-state index in [2.05, 4.69) is 32.5 Å². The van der Waals surface area contributed by atoms with Gasteiger partial charge in [0.1, 0.15) is 17.5 Å². The van der Waals surface area contributed by atoms with Crippen molar-refractivity contribution in [2.24, 2.45) is 0 Å². The van der Waals surface area contributed by atoms with Gasteiger partial charge in [0, 0.05) is 38.5 Å². The van der Waals surface area contributed by atoms with Crippen LogP contribution in [-0.4, -0.2) is 22.0 Å². The topological polar surface area (TPSA) is 62.7 Å². The lowest BCUT2D eigenvalue weighted by Gasteiger charge is -2.09. The average molecular weight is 257 g/mol. The van der Waals surface area contributed by atoms with Crippen molar-refractivity contribution in [2.75, 3.05) is 17.7 Å². The molecule has 0 saturated carbocycles. The highest BCUT2D eigenvalue weighted by Gasteiger charge is 2.03. The van der Waals surface area contributed by atoms with Crippen molar-refractivity contribution < 1.29 is 0 Å². The lowest BCUT2D eigenvalue weighted by atomic mass is 10.3. The van der Waals surface area contributed by atoms with Crippen LogP contribution in [0.1, 0.15) is 24.7 Å². The molecule has 5 heteroatoms. The first kappa shape index (κ1) is 13.3. The second kappa shape index (κ2) is 6.68. The minimum atomic E-state index is 0.708. The standard InChI is InChI=1S/C14H19N5/c1-3-5-12-18-13(15-2)8-14(19-12)17-10-11-6-4-7-16-9-11/h4,6-9H,3,5,10H2,1-2H3,(H2,15,17,18,19). The summed E-state index contributed by atoms with van der Waals surface area (Å²) in [7, 11) is 1.86. The van der Waals surface area contributed by atoms with Crippen LogP contribution in [0.4, 0.5) is 11.6 Å². The first-order chi connectivity index (χ1) is 9.31. The summed E-state index contributed by atoms with van der Waals surface area (Å²) >= 11 is 0. The van der Waals surface area contributed by atoms with Crippen molar-refractivity contribution in [3.8, 4) is 0 Å². The van der Waals surface area contributed by atoms with E-state index in [0.717, 1.165) is 35.9 Å². The third-order valence-electron chi connectivity index (χ3n) is 2.70. The van der Waals surface area contributed by atoms with Gasteiger partial charge in [-0.25, -0.2) is 9.97 Å². The summed E-state index contributed by atoms with van der Waals surface area (Å²) in [5, 5.41) is 6.36. The molecule has 2 aromatic heterocycles. The molecule has 5 nitrogen and oxygen atoms in total. The van der Waals surface area contributed by atoms with Crippen molar-refractivity contribution in [1.29, 1.82) is 0 Å². The van der Waals surface area contributed by atoms with Gasteiger partial charge in [0.15, 0.2) is 0 Å². The van der Waals surface area contributed by atoms with Gasteiger partial charge in [-0.2, -0.15) is 0 Å². The number of pyridine rings is 1. The van der Waals surface area contributed by atoms with E-state index in [1.165, 1.54) is 0 Å².